The molecule has 3 rings (SSSR count). The van der Waals surface area contributed by atoms with Crippen LogP contribution >= 0.6 is 11.6 Å². The molecule has 0 bridgehead atoms. The third kappa shape index (κ3) is 2.92. The van der Waals surface area contributed by atoms with Crippen LogP contribution in [-0.4, -0.2) is 5.78 Å². The quantitative estimate of drug-likeness (QED) is 0.613. The Morgan fingerprint density at radius 3 is 2.42 bits per heavy atom. The summed E-state index contributed by atoms with van der Waals surface area (Å²) < 4.78 is 14.3. The van der Waals surface area contributed by atoms with Gasteiger partial charge in [-0.15, -0.1) is 0 Å². The minimum Gasteiger partial charge on any atom is -0.289 e. The zero-order valence-corrected chi connectivity index (χ0v) is 13.2. The summed E-state index contributed by atoms with van der Waals surface area (Å²) in [6, 6.07) is 19.6. The Kier molecular flexibility index (Phi) is 4.41. The molecule has 0 atom stereocenters. The van der Waals surface area contributed by atoms with Gasteiger partial charge >= 0.3 is 0 Å². The molecule has 0 amide bonds. The second-order valence-corrected chi connectivity index (χ2v) is 5.57. The number of hydrogen-bond acceptors (Lipinski definition) is 2. The van der Waals surface area contributed by atoms with E-state index in [1.54, 1.807) is 36.4 Å². The van der Waals surface area contributed by atoms with Crippen molar-refractivity contribution in [1.82, 2.24) is 0 Å². The van der Waals surface area contributed by atoms with Crippen LogP contribution in [0, 0.1) is 17.1 Å². The Bertz CT molecular complexity index is 961. The number of benzene rings is 3. The summed E-state index contributed by atoms with van der Waals surface area (Å²) in [5.74, 6) is -0.747. The lowest BCUT2D eigenvalue weighted by molar-refractivity contribution is 0.103. The lowest BCUT2D eigenvalue weighted by atomic mass is 9.95. The van der Waals surface area contributed by atoms with Crippen molar-refractivity contribution in [1.29, 1.82) is 5.26 Å². The van der Waals surface area contributed by atoms with E-state index in [-0.39, 0.29) is 21.9 Å². The van der Waals surface area contributed by atoms with Crippen LogP contribution in [0.3, 0.4) is 0 Å². The predicted octanol–water partition coefficient (Wildman–Crippen LogP) is 5.25. The molecule has 24 heavy (non-hydrogen) atoms. The van der Waals surface area contributed by atoms with E-state index in [2.05, 4.69) is 0 Å². The molecule has 0 fully saturated rings. The van der Waals surface area contributed by atoms with E-state index in [9.17, 15) is 14.4 Å². The fourth-order valence-corrected chi connectivity index (χ4v) is 2.72. The number of carbonyl (C=O) groups excluding carboxylic acids is 1. The molecular formula is C20H11ClFNO. The largest absolute Gasteiger partial charge is 0.289 e. The van der Waals surface area contributed by atoms with E-state index in [1.165, 1.54) is 24.3 Å². The van der Waals surface area contributed by atoms with Gasteiger partial charge in [-0.25, -0.2) is 4.39 Å². The van der Waals surface area contributed by atoms with Gasteiger partial charge in [-0.3, -0.25) is 4.79 Å². The van der Waals surface area contributed by atoms with Crippen LogP contribution in [0.15, 0.2) is 66.7 Å². The van der Waals surface area contributed by atoms with Crippen molar-refractivity contribution in [3.63, 3.8) is 0 Å². The lowest BCUT2D eigenvalue weighted by Gasteiger charge is -2.10. The highest BCUT2D eigenvalue weighted by Gasteiger charge is 2.17. The minimum absolute atomic E-state index is 0.104. The van der Waals surface area contributed by atoms with Crippen LogP contribution in [-0.2, 0) is 0 Å². The molecule has 0 spiro atoms. The fourth-order valence-electron chi connectivity index (χ4n) is 2.51. The fraction of sp³-hybridized carbons (Fsp3) is 0. The van der Waals surface area contributed by atoms with Crippen molar-refractivity contribution in [3.05, 3.63) is 94.3 Å². The second-order valence-electron chi connectivity index (χ2n) is 5.16. The maximum atomic E-state index is 14.3. The number of ketones is 1. The van der Waals surface area contributed by atoms with Gasteiger partial charge in [0.05, 0.1) is 11.6 Å². The molecule has 0 radical (unpaired) electrons. The summed E-state index contributed by atoms with van der Waals surface area (Å²) in [4.78, 5) is 12.6. The Labute approximate surface area is 143 Å². The Balaban J connectivity index is 2.16. The van der Waals surface area contributed by atoms with E-state index >= 15 is 0 Å². The summed E-state index contributed by atoms with van der Waals surface area (Å²) in [7, 11) is 0. The monoisotopic (exact) mass is 335 g/mol. The van der Waals surface area contributed by atoms with Crippen LogP contribution in [0.1, 0.15) is 21.5 Å². The molecule has 0 unspecified atom stereocenters. The normalized spacial score (nSPS) is 10.2. The Morgan fingerprint density at radius 2 is 1.71 bits per heavy atom. The van der Waals surface area contributed by atoms with E-state index in [0.29, 0.717) is 16.7 Å². The average Bonchev–Trinajstić information content (AvgIpc) is 2.62. The lowest BCUT2D eigenvalue weighted by Crippen LogP contribution is -2.02. The molecule has 0 aliphatic heterocycles. The summed E-state index contributed by atoms with van der Waals surface area (Å²) >= 11 is 6.19. The maximum absolute atomic E-state index is 14.3. The molecule has 4 heteroatoms. The van der Waals surface area contributed by atoms with Gasteiger partial charge in [0, 0.05) is 27.3 Å². The summed E-state index contributed by atoms with van der Waals surface area (Å²) in [5.41, 5.74) is 1.51. The van der Waals surface area contributed by atoms with Crippen LogP contribution in [0.5, 0.6) is 0 Å². The molecule has 0 aliphatic carbocycles. The van der Waals surface area contributed by atoms with Gasteiger partial charge in [0.1, 0.15) is 5.82 Å². The average molecular weight is 336 g/mol. The molecule has 3 aromatic carbocycles. The van der Waals surface area contributed by atoms with E-state index < -0.39 is 5.82 Å². The number of nitrogens with zero attached hydrogens (tertiary/aromatic N) is 1. The van der Waals surface area contributed by atoms with Gasteiger partial charge < -0.3 is 0 Å². The molecule has 0 saturated heterocycles. The van der Waals surface area contributed by atoms with Crippen molar-refractivity contribution in [2.75, 3.05) is 0 Å². The number of nitriles is 1. The second kappa shape index (κ2) is 6.66. The van der Waals surface area contributed by atoms with E-state index in [0.717, 1.165) is 0 Å². The molecule has 0 aromatic heterocycles. The van der Waals surface area contributed by atoms with Crippen molar-refractivity contribution in [2.45, 2.75) is 0 Å². The van der Waals surface area contributed by atoms with E-state index in [1.807, 2.05) is 12.1 Å². The molecule has 0 aliphatic rings. The topological polar surface area (TPSA) is 40.9 Å². The highest BCUT2D eigenvalue weighted by molar-refractivity contribution is 6.33. The highest BCUT2D eigenvalue weighted by Crippen LogP contribution is 2.33. The Hall–Kier alpha value is -2.96. The molecule has 3 aromatic rings. The van der Waals surface area contributed by atoms with Gasteiger partial charge in [0.25, 0.3) is 0 Å². The molecular weight excluding hydrogens is 325 g/mol. The van der Waals surface area contributed by atoms with Crippen molar-refractivity contribution in [2.24, 2.45) is 0 Å². The molecule has 0 saturated carbocycles. The van der Waals surface area contributed by atoms with Crippen LogP contribution in [0.25, 0.3) is 11.1 Å². The molecule has 0 heterocycles. The number of carbonyl (C=O) groups is 1. The van der Waals surface area contributed by atoms with Gasteiger partial charge in [0.2, 0.25) is 0 Å². The third-order valence-electron chi connectivity index (χ3n) is 3.67. The SMILES string of the molecule is N#Cc1cccc(F)c1-c1cc(C(=O)c2ccccc2)ccc1Cl. The van der Waals surface area contributed by atoms with Crippen LogP contribution in [0.2, 0.25) is 5.02 Å². The van der Waals surface area contributed by atoms with Crippen LogP contribution < -0.4 is 0 Å². The number of rotatable bonds is 3. The van der Waals surface area contributed by atoms with Crippen molar-refractivity contribution in [3.8, 4) is 17.2 Å². The zero-order valence-electron chi connectivity index (χ0n) is 12.5. The first-order valence-electron chi connectivity index (χ1n) is 7.20. The van der Waals surface area contributed by atoms with E-state index in [4.69, 9.17) is 11.6 Å². The molecule has 0 N–H and O–H groups in total. The van der Waals surface area contributed by atoms with Gasteiger partial charge in [-0.05, 0) is 30.3 Å². The first-order valence-corrected chi connectivity index (χ1v) is 7.58. The van der Waals surface area contributed by atoms with Crippen LogP contribution in [0.4, 0.5) is 4.39 Å². The summed E-state index contributed by atoms with van der Waals surface area (Å²) in [6.45, 7) is 0. The summed E-state index contributed by atoms with van der Waals surface area (Å²) in [5, 5.41) is 9.50. The first kappa shape index (κ1) is 15.9. The third-order valence-corrected chi connectivity index (χ3v) is 4.00. The van der Waals surface area contributed by atoms with Gasteiger partial charge in [-0.2, -0.15) is 5.26 Å². The highest BCUT2D eigenvalue weighted by atomic mass is 35.5. The van der Waals surface area contributed by atoms with Gasteiger partial charge in [-0.1, -0.05) is 48.0 Å². The maximum Gasteiger partial charge on any atom is 0.193 e. The zero-order chi connectivity index (χ0) is 17.1. The summed E-state index contributed by atoms with van der Waals surface area (Å²) in [6.07, 6.45) is 0. The predicted molar refractivity (Wildman–Crippen MR) is 91.4 cm³/mol. The molecule has 116 valence electrons. The molecule has 2 nitrogen and oxygen atoms in total. The Morgan fingerprint density at radius 1 is 0.958 bits per heavy atom. The number of hydrogen-bond donors (Lipinski definition) is 0. The smallest absolute Gasteiger partial charge is 0.193 e. The van der Waals surface area contributed by atoms with Crippen molar-refractivity contribution < 1.29 is 9.18 Å². The standard InChI is InChI=1S/C20H11ClFNO/c21-17-10-9-14(20(24)13-5-2-1-3-6-13)11-16(17)19-15(12-23)7-4-8-18(19)22/h1-11H. The number of halogens is 2. The first-order chi connectivity index (χ1) is 11.6. The van der Waals surface area contributed by atoms with Gasteiger partial charge in [0.15, 0.2) is 5.78 Å². The van der Waals surface area contributed by atoms with Crippen molar-refractivity contribution >= 4 is 17.4 Å². The minimum atomic E-state index is -0.555.